The van der Waals surface area contributed by atoms with Gasteiger partial charge in [0, 0.05) is 0 Å². The fourth-order valence-corrected chi connectivity index (χ4v) is 1.25. The molecular weight excluding hydrogens is 460 g/mol. The molecular formula is C6Br2F12. The quantitative estimate of drug-likeness (QED) is 0.376. The van der Waals surface area contributed by atoms with Crippen LogP contribution in [0.3, 0.4) is 0 Å². The Bertz CT molecular complexity index is 327. The first-order valence-corrected chi connectivity index (χ1v) is 5.48. The minimum absolute atomic E-state index is 0.605. The monoisotopic (exact) mass is 458 g/mol. The predicted molar refractivity (Wildman–Crippen MR) is 47.5 cm³/mol. The van der Waals surface area contributed by atoms with E-state index >= 15 is 0 Å². The summed E-state index contributed by atoms with van der Waals surface area (Å²) in [5, 5.41) is 0. The molecule has 0 aliphatic rings. The second-order valence-corrected chi connectivity index (χ2v) is 5.28. The molecule has 122 valence electrons. The Hall–Kier alpha value is 0.120. The molecule has 0 aliphatic heterocycles. The smallest absolute Gasteiger partial charge is 0.192 e. The van der Waals surface area contributed by atoms with Crippen LogP contribution in [0.5, 0.6) is 0 Å². The lowest BCUT2D eigenvalue weighted by atomic mass is 9.99. The van der Waals surface area contributed by atoms with Crippen molar-refractivity contribution in [2.45, 2.75) is 33.4 Å². The number of alkyl halides is 14. The lowest BCUT2D eigenvalue weighted by Crippen LogP contribution is -2.68. The standard InChI is InChI=1S/C6Br2F12/c7-5(17,18)3(13,14)1(9,10)2(11,12)4(15,16)6(8,19)20. The van der Waals surface area contributed by atoms with Crippen molar-refractivity contribution in [1.82, 2.24) is 0 Å². The first-order chi connectivity index (χ1) is 8.25. The molecule has 0 amide bonds. The van der Waals surface area contributed by atoms with E-state index in [2.05, 4.69) is 0 Å². The fraction of sp³-hybridized carbons (Fsp3) is 1.00. The molecule has 0 aromatic rings. The molecule has 0 heterocycles. The minimum atomic E-state index is -7.51. The molecule has 0 spiro atoms. The van der Waals surface area contributed by atoms with Gasteiger partial charge in [0.25, 0.3) is 0 Å². The topological polar surface area (TPSA) is 0 Å². The Labute approximate surface area is 118 Å². The third-order valence-corrected chi connectivity index (χ3v) is 2.89. The SMILES string of the molecule is FC(F)(Br)C(F)(F)C(F)(F)C(F)(F)C(F)(F)C(F)(F)Br. The average Bonchev–Trinajstić information content (AvgIpc) is 2.12. The van der Waals surface area contributed by atoms with E-state index in [4.69, 9.17) is 0 Å². The van der Waals surface area contributed by atoms with Crippen molar-refractivity contribution in [3.63, 3.8) is 0 Å². The number of hydrogen-bond acceptors (Lipinski definition) is 0. The molecule has 0 aliphatic carbocycles. The van der Waals surface area contributed by atoms with E-state index in [-0.39, 0.29) is 0 Å². The third kappa shape index (κ3) is 2.61. The summed E-state index contributed by atoms with van der Waals surface area (Å²) in [7, 11) is 0. The zero-order chi connectivity index (χ0) is 17.0. The normalized spacial score (nSPS) is 16.5. The predicted octanol–water partition coefficient (Wildman–Crippen LogP) is 5.50. The van der Waals surface area contributed by atoms with Gasteiger partial charge in [0.1, 0.15) is 0 Å². The zero-order valence-corrected chi connectivity index (χ0v) is 11.5. The van der Waals surface area contributed by atoms with Gasteiger partial charge < -0.3 is 0 Å². The number of hydrogen-bond donors (Lipinski definition) is 0. The highest BCUT2D eigenvalue weighted by atomic mass is 79.9. The summed E-state index contributed by atoms with van der Waals surface area (Å²) in [5.41, 5.74) is 0. The van der Waals surface area contributed by atoms with E-state index < -0.39 is 33.4 Å². The Kier molecular flexibility index (Phi) is 4.84. The maximum absolute atomic E-state index is 12.7. The second kappa shape index (κ2) is 4.81. The molecule has 0 saturated carbocycles. The Morgan fingerprint density at radius 3 is 0.600 bits per heavy atom. The average molecular weight is 460 g/mol. The van der Waals surface area contributed by atoms with Gasteiger partial charge in [0.15, 0.2) is 0 Å². The fourth-order valence-electron chi connectivity index (χ4n) is 0.750. The highest BCUT2D eigenvalue weighted by Gasteiger charge is 2.89. The van der Waals surface area contributed by atoms with Crippen molar-refractivity contribution in [3.05, 3.63) is 0 Å². The molecule has 0 aromatic heterocycles. The molecule has 0 rings (SSSR count). The first-order valence-electron chi connectivity index (χ1n) is 3.90. The summed E-state index contributed by atoms with van der Waals surface area (Å²) in [6.07, 6.45) is 0. The van der Waals surface area contributed by atoms with Crippen LogP contribution in [0.15, 0.2) is 0 Å². The van der Waals surface area contributed by atoms with E-state index in [0.717, 1.165) is 0 Å². The van der Waals surface area contributed by atoms with Gasteiger partial charge >= 0.3 is 33.4 Å². The molecule has 0 nitrogen and oxygen atoms in total. The summed E-state index contributed by atoms with van der Waals surface area (Å²) in [4.78, 5) is -12.1. The van der Waals surface area contributed by atoms with Gasteiger partial charge in [-0.05, 0) is 31.9 Å². The minimum Gasteiger partial charge on any atom is -0.192 e. The van der Waals surface area contributed by atoms with Crippen LogP contribution in [-0.2, 0) is 0 Å². The highest BCUT2D eigenvalue weighted by molar-refractivity contribution is 9.10. The van der Waals surface area contributed by atoms with Crippen LogP contribution in [0, 0.1) is 0 Å². The van der Waals surface area contributed by atoms with Crippen LogP contribution < -0.4 is 0 Å². The van der Waals surface area contributed by atoms with Gasteiger partial charge in [-0.3, -0.25) is 0 Å². The van der Waals surface area contributed by atoms with Crippen molar-refractivity contribution in [2.75, 3.05) is 0 Å². The zero-order valence-electron chi connectivity index (χ0n) is 8.29. The van der Waals surface area contributed by atoms with Gasteiger partial charge in [0.05, 0.1) is 0 Å². The maximum atomic E-state index is 12.7. The van der Waals surface area contributed by atoms with E-state index in [1.807, 2.05) is 0 Å². The molecule has 20 heavy (non-hydrogen) atoms. The van der Waals surface area contributed by atoms with Gasteiger partial charge in [0.2, 0.25) is 0 Å². The van der Waals surface area contributed by atoms with Crippen molar-refractivity contribution >= 4 is 31.9 Å². The summed E-state index contributed by atoms with van der Waals surface area (Å²) < 4.78 is 149. The molecule has 0 N–H and O–H groups in total. The van der Waals surface area contributed by atoms with Gasteiger partial charge in [-0.1, -0.05) is 0 Å². The van der Waals surface area contributed by atoms with Gasteiger partial charge in [-0.15, -0.1) is 0 Å². The van der Waals surface area contributed by atoms with Gasteiger partial charge in [-0.25, -0.2) is 0 Å². The van der Waals surface area contributed by atoms with Crippen LogP contribution >= 0.6 is 31.9 Å². The lowest BCUT2D eigenvalue weighted by Gasteiger charge is -2.38. The van der Waals surface area contributed by atoms with Crippen LogP contribution in [0.4, 0.5) is 52.7 Å². The molecule has 0 fully saturated rings. The van der Waals surface area contributed by atoms with Crippen molar-refractivity contribution in [2.24, 2.45) is 0 Å². The Morgan fingerprint density at radius 1 is 0.350 bits per heavy atom. The van der Waals surface area contributed by atoms with Crippen LogP contribution in [0.2, 0.25) is 0 Å². The summed E-state index contributed by atoms with van der Waals surface area (Å²) in [6, 6.07) is 0. The van der Waals surface area contributed by atoms with Crippen LogP contribution in [-0.4, -0.2) is 33.4 Å². The molecule has 0 saturated heterocycles. The van der Waals surface area contributed by atoms with Gasteiger partial charge in [-0.2, -0.15) is 52.7 Å². The molecule has 0 radical (unpaired) electrons. The molecule has 0 bridgehead atoms. The van der Waals surface area contributed by atoms with Crippen molar-refractivity contribution < 1.29 is 52.7 Å². The molecule has 0 unspecified atom stereocenters. The second-order valence-electron chi connectivity index (χ2n) is 3.29. The van der Waals surface area contributed by atoms with E-state index in [1.165, 1.54) is 0 Å². The highest BCUT2D eigenvalue weighted by Crippen LogP contribution is 2.61. The Morgan fingerprint density at radius 2 is 0.500 bits per heavy atom. The van der Waals surface area contributed by atoms with Crippen LogP contribution in [0.25, 0.3) is 0 Å². The molecule has 14 heteroatoms. The third-order valence-electron chi connectivity index (χ3n) is 1.90. The van der Waals surface area contributed by atoms with Crippen molar-refractivity contribution in [3.8, 4) is 0 Å². The largest absolute Gasteiger partial charge is 0.388 e. The van der Waals surface area contributed by atoms with Crippen molar-refractivity contribution in [1.29, 1.82) is 0 Å². The van der Waals surface area contributed by atoms with E-state index in [1.54, 1.807) is 0 Å². The van der Waals surface area contributed by atoms with Crippen LogP contribution in [0.1, 0.15) is 0 Å². The summed E-state index contributed by atoms with van der Waals surface area (Å²) in [6.45, 7) is 0. The molecule has 0 atom stereocenters. The number of halogens is 14. The maximum Gasteiger partial charge on any atom is 0.388 e. The van der Waals surface area contributed by atoms with E-state index in [0.29, 0.717) is 31.9 Å². The molecule has 0 aromatic carbocycles. The summed E-state index contributed by atoms with van der Waals surface area (Å²) >= 11 is 1.21. The first kappa shape index (κ1) is 20.1. The summed E-state index contributed by atoms with van der Waals surface area (Å²) in [5.74, 6) is -29.2. The Balaban J connectivity index is 6.08. The lowest BCUT2D eigenvalue weighted by molar-refractivity contribution is -0.404. The number of rotatable bonds is 5. The van der Waals surface area contributed by atoms with E-state index in [9.17, 15) is 52.7 Å².